The van der Waals surface area contributed by atoms with Gasteiger partial charge in [-0.15, -0.1) is 0 Å². The summed E-state index contributed by atoms with van der Waals surface area (Å²) in [4.78, 5) is 4.26. The first kappa shape index (κ1) is 13.4. The van der Waals surface area contributed by atoms with Crippen LogP contribution in [0.4, 0.5) is 0 Å². The van der Waals surface area contributed by atoms with Crippen LogP contribution in [-0.2, 0) is 5.41 Å². The monoisotopic (exact) mass is 270 g/mol. The molecule has 1 aliphatic rings. The van der Waals surface area contributed by atoms with Crippen molar-refractivity contribution < 1.29 is 4.74 Å². The minimum Gasteiger partial charge on any atom is -0.481 e. The first-order valence-corrected chi connectivity index (χ1v) is 7.42. The number of pyridine rings is 1. The number of hydrogen-bond acceptors (Lipinski definition) is 3. The lowest BCUT2D eigenvalue weighted by Gasteiger charge is -2.37. The van der Waals surface area contributed by atoms with E-state index in [2.05, 4.69) is 23.2 Å². The molecule has 0 radical (unpaired) electrons. The van der Waals surface area contributed by atoms with Gasteiger partial charge in [-0.3, -0.25) is 0 Å². The number of methoxy groups -OCH3 is 1. The Hall–Kier alpha value is -1.61. The van der Waals surface area contributed by atoms with E-state index in [1.165, 1.54) is 43.1 Å². The molecule has 3 rings (SSSR count). The highest BCUT2D eigenvalue weighted by Crippen LogP contribution is 2.40. The van der Waals surface area contributed by atoms with E-state index in [9.17, 15) is 0 Å². The van der Waals surface area contributed by atoms with Gasteiger partial charge in [0.2, 0.25) is 5.88 Å². The van der Waals surface area contributed by atoms with Crippen LogP contribution in [0.5, 0.6) is 5.88 Å². The fourth-order valence-corrected chi connectivity index (χ4v) is 3.48. The first-order valence-electron chi connectivity index (χ1n) is 7.42. The Balaban J connectivity index is 2.08. The molecule has 1 aliphatic carbocycles. The number of aromatic nitrogens is 1. The number of nitrogens with zero attached hydrogens (tertiary/aromatic N) is 1. The van der Waals surface area contributed by atoms with Crippen LogP contribution in [0, 0.1) is 0 Å². The van der Waals surface area contributed by atoms with E-state index in [0.717, 1.165) is 11.9 Å². The molecule has 20 heavy (non-hydrogen) atoms. The predicted molar refractivity (Wildman–Crippen MR) is 82.1 cm³/mol. The van der Waals surface area contributed by atoms with Crippen LogP contribution in [0.25, 0.3) is 10.8 Å². The Morgan fingerprint density at radius 1 is 1.20 bits per heavy atom. The summed E-state index contributed by atoms with van der Waals surface area (Å²) in [5.41, 5.74) is 7.68. The largest absolute Gasteiger partial charge is 0.481 e. The minimum atomic E-state index is 0.170. The summed E-state index contributed by atoms with van der Waals surface area (Å²) in [6.07, 6.45) is 8.13. The fourth-order valence-electron chi connectivity index (χ4n) is 3.48. The zero-order valence-electron chi connectivity index (χ0n) is 12.1. The molecule has 1 aromatic heterocycles. The van der Waals surface area contributed by atoms with Gasteiger partial charge in [-0.05, 0) is 35.9 Å². The molecule has 0 aliphatic heterocycles. The van der Waals surface area contributed by atoms with Crippen molar-refractivity contribution in [3.63, 3.8) is 0 Å². The van der Waals surface area contributed by atoms with Gasteiger partial charge in [-0.2, -0.15) is 0 Å². The highest BCUT2D eigenvalue weighted by Gasteiger charge is 2.32. The standard InChI is InChI=1S/C17H22N2O/c1-20-16-15-6-5-14(11-13(15)7-10-19-16)17(12-18)8-3-2-4-9-17/h5-7,10-11H,2-4,8-9,12,18H2,1H3. The number of nitrogens with two attached hydrogens (primary N) is 1. The topological polar surface area (TPSA) is 48.1 Å². The lowest BCUT2D eigenvalue weighted by atomic mass is 9.69. The zero-order valence-corrected chi connectivity index (χ0v) is 12.1. The number of fused-ring (bicyclic) bond motifs is 1. The van der Waals surface area contributed by atoms with Gasteiger partial charge in [-0.1, -0.05) is 31.4 Å². The van der Waals surface area contributed by atoms with Crippen molar-refractivity contribution in [2.75, 3.05) is 13.7 Å². The number of ether oxygens (including phenoxy) is 1. The molecule has 3 nitrogen and oxygen atoms in total. The maximum absolute atomic E-state index is 6.13. The van der Waals surface area contributed by atoms with Crippen LogP contribution in [0.1, 0.15) is 37.7 Å². The van der Waals surface area contributed by atoms with Gasteiger partial charge in [0, 0.05) is 23.5 Å². The lowest BCUT2D eigenvalue weighted by Crippen LogP contribution is -2.37. The predicted octanol–water partition coefficient (Wildman–Crippen LogP) is 3.40. The highest BCUT2D eigenvalue weighted by atomic mass is 16.5. The Bertz CT molecular complexity index is 603. The minimum absolute atomic E-state index is 0.170. The molecule has 0 spiro atoms. The molecule has 2 aromatic rings. The molecule has 1 fully saturated rings. The SMILES string of the molecule is COc1nccc2cc(C3(CN)CCCCC3)ccc12. The third-order valence-corrected chi connectivity index (χ3v) is 4.73. The van der Waals surface area contributed by atoms with Crippen molar-refractivity contribution in [3.05, 3.63) is 36.0 Å². The van der Waals surface area contributed by atoms with Crippen molar-refractivity contribution >= 4 is 10.8 Å². The van der Waals surface area contributed by atoms with E-state index in [4.69, 9.17) is 10.5 Å². The molecule has 1 aromatic carbocycles. The molecule has 0 amide bonds. The molecule has 3 heteroatoms. The van der Waals surface area contributed by atoms with Gasteiger partial charge in [-0.25, -0.2) is 4.98 Å². The van der Waals surface area contributed by atoms with E-state index in [1.54, 1.807) is 13.3 Å². The number of benzene rings is 1. The maximum atomic E-state index is 6.13. The lowest BCUT2D eigenvalue weighted by molar-refractivity contribution is 0.301. The molecule has 2 N–H and O–H groups in total. The molecule has 106 valence electrons. The van der Waals surface area contributed by atoms with Gasteiger partial charge in [0.25, 0.3) is 0 Å². The van der Waals surface area contributed by atoms with Gasteiger partial charge in [0.05, 0.1) is 7.11 Å². The van der Waals surface area contributed by atoms with E-state index in [-0.39, 0.29) is 5.41 Å². The van der Waals surface area contributed by atoms with E-state index < -0.39 is 0 Å². The smallest absolute Gasteiger partial charge is 0.221 e. The summed E-state index contributed by atoms with van der Waals surface area (Å²) < 4.78 is 5.33. The second-order valence-corrected chi connectivity index (χ2v) is 5.80. The van der Waals surface area contributed by atoms with Crippen LogP contribution in [0.15, 0.2) is 30.5 Å². The molecule has 0 unspecified atom stereocenters. The first-order chi connectivity index (χ1) is 9.79. The van der Waals surface area contributed by atoms with Gasteiger partial charge in [0.1, 0.15) is 0 Å². The van der Waals surface area contributed by atoms with Crippen LogP contribution >= 0.6 is 0 Å². The van der Waals surface area contributed by atoms with Crippen molar-refractivity contribution in [1.29, 1.82) is 0 Å². The van der Waals surface area contributed by atoms with Gasteiger partial charge in [0.15, 0.2) is 0 Å². The highest BCUT2D eigenvalue weighted by molar-refractivity contribution is 5.87. The van der Waals surface area contributed by atoms with Crippen molar-refractivity contribution in [3.8, 4) is 5.88 Å². The average Bonchev–Trinajstić information content (AvgIpc) is 2.54. The molecule has 1 saturated carbocycles. The van der Waals surface area contributed by atoms with Crippen LogP contribution in [-0.4, -0.2) is 18.6 Å². The van der Waals surface area contributed by atoms with Crippen molar-refractivity contribution in [2.24, 2.45) is 5.73 Å². The zero-order chi connectivity index (χ0) is 14.0. The van der Waals surface area contributed by atoms with Crippen LogP contribution in [0.2, 0.25) is 0 Å². The van der Waals surface area contributed by atoms with E-state index in [1.807, 2.05) is 6.07 Å². The molecule has 1 heterocycles. The second kappa shape index (κ2) is 5.41. The van der Waals surface area contributed by atoms with Gasteiger partial charge < -0.3 is 10.5 Å². The van der Waals surface area contributed by atoms with Crippen molar-refractivity contribution in [2.45, 2.75) is 37.5 Å². The van der Waals surface area contributed by atoms with Crippen LogP contribution in [0.3, 0.4) is 0 Å². The summed E-state index contributed by atoms with van der Waals surface area (Å²) >= 11 is 0. The normalized spacial score (nSPS) is 18.1. The molecular weight excluding hydrogens is 248 g/mol. The Morgan fingerprint density at radius 3 is 2.70 bits per heavy atom. The number of hydrogen-bond donors (Lipinski definition) is 1. The molecular formula is C17H22N2O. The van der Waals surface area contributed by atoms with Gasteiger partial charge >= 0.3 is 0 Å². The summed E-state index contributed by atoms with van der Waals surface area (Å²) in [7, 11) is 1.66. The number of rotatable bonds is 3. The van der Waals surface area contributed by atoms with Crippen molar-refractivity contribution in [1.82, 2.24) is 4.98 Å². The average molecular weight is 270 g/mol. The summed E-state index contributed by atoms with van der Waals surface area (Å²) in [6.45, 7) is 0.737. The molecule has 0 atom stereocenters. The van der Waals surface area contributed by atoms with Crippen LogP contribution < -0.4 is 10.5 Å². The molecule has 0 saturated heterocycles. The Kier molecular flexibility index (Phi) is 3.62. The fraction of sp³-hybridized carbons (Fsp3) is 0.471. The Morgan fingerprint density at radius 2 is 2.00 bits per heavy atom. The summed E-state index contributed by atoms with van der Waals surface area (Å²) in [5.74, 6) is 0.694. The summed E-state index contributed by atoms with van der Waals surface area (Å²) in [5, 5.41) is 2.26. The Labute approximate surface area is 120 Å². The third-order valence-electron chi connectivity index (χ3n) is 4.73. The third kappa shape index (κ3) is 2.16. The second-order valence-electron chi connectivity index (χ2n) is 5.80. The molecule has 0 bridgehead atoms. The maximum Gasteiger partial charge on any atom is 0.221 e. The summed E-state index contributed by atoms with van der Waals surface area (Å²) in [6, 6.07) is 8.67. The van der Waals surface area contributed by atoms with E-state index in [0.29, 0.717) is 5.88 Å². The van der Waals surface area contributed by atoms with E-state index >= 15 is 0 Å². The quantitative estimate of drug-likeness (QED) is 0.929.